The summed E-state index contributed by atoms with van der Waals surface area (Å²) in [5, 5.41) is 0. The van der Waals surface area contributed by atoms with Crippen LogP contribution in [-0.2, 0) is 0 Å². The van der Waals surface area contributed by atoms with Gasteiger partial charge in [-0.1, -0.05) is 29.0 Å². The average molecular weight is 265 g/mol. The number of halogens is 1. The number of rotatable bonds is 0. The Morgan fingerprint density at radius 3 is 3.09 bits per heavy atom. The van der Waals surface area contributed by atoms with E-state index in [0.29, 0.717) is 3.42 Å². The predicted octanol–water partition coefficient (Wildman–Crippen LogP) is 2.30. The minimum Gasteiger partial charge on any atom is -0.305 e. The maximum absolute atomic E-state index is 2.69. The molecule has 2 heteroatoms. The Morgan fingerprint density at radius 2 is 2.36 bits per heavy atom. The molecule has 2 fully saturated rings. The van der Waals surface area contributed by atoms with Crippen LogP contribution >= 0.6 is 22.6 Å². The minimum atomic E-state index is 0.647. The normalized spacial score (nSPS) is 45.8. The Hall–Kier alpha value is 0.690. The summed E-state index contributed by atoms with van der Waals surface area (Å²) < 4.78 is 0.647. The van der Waals surface area contributed by atoms with E-state index in [0.717, 1.165) is 5.92 Å². The zero-order valence-corrected chi connectivity index (χ0v) is 9.30. The van der Waals surface area contributed by atoms with Gasteiger partial charge in [0.15, 0.2) is 0 Å². The van der Waals surface area contributed by atoms with Gasteiger partial charge in [-0.25, -0.2) is 0 Å². The van der Waals surface area contributed by atoms with Gasteiger partial charge in [0, 0.05) is 16.5 Å². The molecule has 0 spiro atoms. The molecule has 2 rings (SSSR count). The molecule has 0 N–H and O–H groups in total. The lowest BCUT2D eigenvalue weighted by atomic mass is 9.78. The van der Waals surface area contributed by atoms with E-state index in [1.54, 1.807) is 0 Å². The highest BCUT2D eigenvalue weighted by Gasteiger charge is 2.38. The van der Waals surface area contributed by atoms with Crippen LogP contribution < -0.4 is 0 Å². The van der Waals surface area contributed by atoms with Crippen LogP contribution in [0.15, 0.2) is 0 Å². The molecule has 1 nitrogen and oxygen atoms in total. The maximum atomic E-state index is 2.69. The molecule has 64 valence electrons. The van der Waals surface area contributed by atoms with Gasteiger partial charge >= 0.3 is 0 Å². The smallest absolute Gasteiger partial charge is 0.0352 e. The number of alkyl halides is 1. The fraction of sp³-hybridized carbons (Fsp3) is 1.00. The lowest BCUT2D eigenvalue weighted by Gasteiger charge is -2.45. The molecule has 0 aromatic rings. The van der Waals surface area contributed by atoms with Gasteiger partial charge < -0.3 is 4.90 Å². The second-order valence-electron chi connectivity index (χ2n) is 4.31. The van der Waals surface area contributed by atoms with Crippen LogP contribution in [-0.4, -0.2) is 28.5 Å². The van der Waals surface area contributed by atoms with Crippen molar-refractivity contribution in [1.82, 2.24) is 4.90 Å². The molecule has 0 aromatic heterocycles. The molecule has 11 heavy (non-hydrogen) atoms. The fourth-order valence-corrected chi connectivity index (χ4v) is 4.30. The molecular weight excluding hydrogens is 249 g/mol. The highest BCUT2D eigenvalue weighted by atomic mass is 127. The SMILES string of the molecule is CN1CC2CCCC(I)(C2)C1. The van der Waals surface area contributed by atoms with Crippen molar-refractivity contribution in [2.45, 2.75) is 29.1 Å². The van der Waals surface area contributed by atoms with Crippen LogP contribution in [0.25, 0.3) is 0 Å². The first-order valence-electron chi connectivity index (χ1n) is 4.55. The minimum absolute atomic E-state index is 0.647. The Morgan fingerprint density at radius 1 is 1.55 bits per heavy atom. The Kier molecular flexibility index (Phi) is 2.17. The van der Waals surface area contributed by atoms with Crippen LogP contribution in [0.1, 0.15) is 25.7 Å². The monoisotopic (exact) mass is 265 g/mol. The van der Waals surface area contributed by atoms with E-state index in [4.69, 9.17) is 0 Å². The van der Waals surface area contributed by atoms with E-state index in [2.05, 4.69) is 34.5 Å². The molecule has 0 amide bonds. The van der Waals surface area contributed by atoms with E-state index in [-0.39, 0.29) is 0 Å². The van der Waals surface area contributed by atoms with E-state index in [9.17, 15) is 0 Å². The van der Waals surface area contributed by atoms with Crippen molar-refractivity contribution in [1.29, 1.82) is 0 Å². The standard InChI is InChI=1S/C9H16IN/c1-11-6-8-3-2-4-9(10,5-8)7-11/h8H,2-7H2,1H3. The summed E-state index contributed by atoms with van der Waals surface area (Å²) in [5.74, 6) is 1.01. The molecule has 2 unspecified atom stereocenters. The summed E-state index contributed by atoms with van der Waals surface area (Å²) in [5.41, 5.74) is 0. The quantitative estimate of drug-likeness (QED) is 0.480. The van der Waals surface area contributed by atoms with E-state index < -0.39 is 0 Å². The van der Waals surface area contributed by atoms with Crippen molar-refractivity contribution >= 4 is 22.6 Å². The Balaban J connectivity index is 2.09. The Bertz CT molecular complexity index is 156. The molecule has 1 saturated heterocycles. The van der Waals surface area contributed by atoms with Gasteiger partial charge in [0.25, 0.3) is 0 Å². The van der Waals surface area contributed by atoms with E-state index in [1.165, 1.54) is 38.8 Å². The summed E-state index contributed by atoms with van der Waals surface area (Å²) in [6.45, 7) is 2.68. The van der Waals surface area contributed by atoms with Crippen LogP contribution in [0.3, 0.4) is 0 Å². The molecule has 1 heterocycles. The lowest BCUT2D eigenvalue weighted by Crippen LogP contribution is -2.48. The Labute approximate surface area is 82.7 Å². The summed E-state index contributed by atoms with van der Waals surface area (Å²) in [7, 11) is 2.27. The average Bonchev–Trinajstić information content (AvgIpc) is 1.82. The van der Waals surface area contributed by atoms with Gasteiger partial charge in [-0.3, -0.25) is 0 Å². The van der Waals surface area contributed by atoms with Crippen molar-refractivity contribution in [2.24, 2.45) is 5.92 Å². The van der Waals surface area contributed by atoms with Gasteiger partial charge in [0.1, 0.15) is 0 Å². The topological polar surface area (TPSA) is 3.24 Å². The van der Waals surface area contributed by atoms with Gasteiger partial charge in [0.05, 0.1) is 0 Å². The molecule has 2 bridgehead atoms. The first-order valence-corrected chi connectivity index (χ1v) is 5.63. The van der Waals surface area contributed by atoms with Crippen molar-refractivity contribution in [2.75, 3.05) is 20.1 Å². The summed E-state index contributed by atoms with van der Waals surface area (Å²) >= 11 is 2.69. The maximum Gasteiger partial charge on any atom is 0.0352 e. The van der Waals surface area contributed by atoms with Crippen LogP contribution in [0.2, 0.25) is 0 Å². The van der Waals surface area contributed by atoms with E-state index in [1.807, 2.05) is 0 Å². The third-order valence-corrected chi connectivity index (χ3v) is 4.34. The van der Waals surface area contributed by atoms with Crippen LogP contribution in [0.5, 0.6) is 0 Å². The van der Waals surface area contributed by atoms with Gasteiger partial charge in [-0.15, -0.1) is 0 Å². The van der Waals surface area contributed by atoms with Crippen LogP contribution in [0.4, 0.5) is 0 Å². The summed E-state index contributed by atoms with van der Waals surface area (Å²) in [4.78, 5) is 2.51. The zero-order chi connectivity index (χ0) is 7.90. The van der Waals surface area contributed by atoms with E-state index >= 15 is 0 Å². The highest BCUT2D eigenvalue weighted by Crippen LogP contribution is 2.43. The molecular formula is C9H16IN. The summed E-state index contributed by atoms with van der Waals surface area (Å²) in [6.07, 6.45) is 5.89. The number of piperidine rings is 1. The zero-order valence-electron chi connectivity index (χ0n) is 7.15. The fourth-order valence-electron chi connectivity index (χ4n) is 2.72. The number of hydrogen-bond acceptors (Lipinski definition) is 1. The third kappa shape index (κ3) is 1.72. The lowest BCUT2D eigenvalue weighted by molar-refractivity contribution is 0.136. The summed E-state index contributed by atoms with van der Waals surface area (Å²) in [6, 6.07) is 0. The molecule has 0 aromatic carbocycles. The number of fused-ring (bicyclic) bond motifs is 2. The molecule has 1 aliphatic carbocycles. The second-order valence-corrected chi connectivity index (χ2v) is 6.60. The van der Waals surface area contributed by atoms with Gasteiger partial charge in [-0.2, -0.15) is 0 Å². The van der Waals surface area contributed by atoms with Crippen molar-refractivity contribution in [3.63, 3.8) is 0 Å². The molecule has 1 saturated carbocycles. The van der Waals surface area contributed by atoms with Crippen molar-refractivity contribution in [3.05, 3.63) is 0 Å². The first kappa shape index (κ1) is 8.30. The molecule has 2 aliphatic rings. The molecule has 2 atom stereocenters. The van der Waals surface area contributed by atoms with Crippen molar-refractivity contribution in [3.8, 4) is 0 Å². The second kappa shape index (κ2) is 2.87. The number of likely N-dealkylation sites (tertiary alicyclic amines) is 1. The third-order valence-electron chi connectivity index (χ3n) is 3.01. The largest absolute Gasteiger partial charge is 0.305 e. The van der Waals surface area contributed by atoms with Gasteiger partial charge in [0.2, 0.25) is 0 Å². The number of nitrogens with zero attached hydrogens (tertiary/aromatic N) is 1. The van der Waals surface area contributed by atoms with Gasteiger partial charge in [-0.05, 0) is 32.2 Å². The predicted molar refractivity (Wildman–Crippen MR) is 56.2 cm³/mol. The van der Waals surface area contributed by atoms with Crippen LogP contribution in [0, 0.1) is 5.92 Å². The molecule has 1 aliphatic heterocycles. The van der Waals surface area contributed by atoms with Crippen molar-refractivity contribution < 1.29 is 0 Å². The number of hydrogen-bond donors (Lipinski definition) is 0. The first-order chi connectivity index (χ1) is 5.18. The molecule has 0 radical (unpaired) electrons. The highest BCUT2D eigenvalue weighted by molar-refractivity contribution is 14.1.